The zero-order valence-electron chi connectivity index (χ0n) is 10.8. The molecule has 1 rings (SSSR count). The van der Waals surface area contributed by atoms with Gasteiger partial charge in [-0.05, 0) is 31.5 Å². The first-order chi connectivity index (χ1) is 8.92. The minimum Gasteiger partial charge on any atom is -0.478 e. The van der Waals surface area contributed by atoms with E-state index in [1.807, 2.05) is 6.92 Å². The average Bonchev–Trinajstić information content (AvgIpc) is 2.35. The fourth-order valence-electron chi connectivity index (χ4n) is 1.46. The summed E-state index contributed by atoms with van der Waals surface area (Å²) < 4.78 is 5.04. The van der Waals surface area contributed by atoms with E-state index in [1.165, 1.54) is 18.2 Å². The van der Waals surface area contributed by atoms with E-state index < -0.39 is 5.97 Å². The van der Waals surface area contributed by atoms with Crippen LogP contribution in [0.15, 0.2) is 18.2 Å². The summed E-state index contributed by atoms with van der Waals surface area (Å²) in [6.07, 6.45) is 0.887. The number of rotatable bonds is 6. The minimum atomic E-state index is -1.09. The third kappa shape index (κ3) is 5.28. The van der Waals surface area contributed by atoms with Crippen molar-refractivity contribution >= 4 is 29.2 Å². The Hall–Kier alpha value is -1.59. The summed E-state index contributed by atoms with van der Waals surface area (Å²) in [5.41, 5.74) is 0.410. The van der Waals surface area contributed by atoms with Crippen molar-refractivity contribution in [3.05, 3.63) is 28.8 Å². The summed E-state index contributed by atoms with van der Waals surface area (Å²) >= 11 is 5.79. The normalized spacial score (nSPS) is 11.9. The predicted molar refractivity (Wildman–Crippen MR) is 72.7 cm³/mol. The first-order valence-corrected chi connectivity index (χ1v) is 6.16. The highest BCUT2D eigenvalue weighted by Crippen LogP contribution is 2.19. The Morgan fingerprint density at radius 1 is 1.42 bits per heavy atom. The third-order valence-electron chi connectivity index (χ3n) is 2.61. The van der Waals surface area contributed by atoms with Crippen molar-refractivity contribution in [2.24, 2.45) is 0 Å². The molecule has 0 bridgehead atoms. The lowest BCUT2D eigenvalue weighted by atomic mass is 10.2. The van der Waals surface area contributed by atoms with Crippen molar-refractivity contribution in [3.8, 4) is 0 Å². The van der Waals surface area contributed by atoms with Crippen LogP contribution in [0.1, 0.15) is 30.1 Å². The smallest absolute Gasteiger partial charge is 0.335 e. The molecule has 1 amide bonds. The van der Waals surface area contributed by atoms with Gasteiger partial charge in [-0.15, -0.1) is 0 Å². The van der Waals surface area contributed by atoms with Gasteiger partial charge < -0.3 is 15.2 Å². The average molecular weight is 286 g/mol. The predicted octanol–water partition coefficient (Wildman–Crippen LogP) is 2.79. The molecule has 0 saturated heterocycles. The van der Waals surface area contributed by atoms with Crippen LogP contribution in [-0.2, 0) is 9.53 Å². The SMILES string of the molecule is COC(C)CCC(=O)Nc1cc(Cl)cc(C(=O)O)c1. The summed E-state index contributed by atoms with van der Waals surface area (Å²) in [7, 11) is 1.58. The molecule has 5 nitrogen and oxygen atoms in total. The standard InChI is InChI=1S/C13H16ClNO4/c1-8(19-2)3-4-12(16)15-11-6-9(13(17)18)5-10(14)7-11/h5-8H,3-4H2,1-2H3,(H,15,16)(H,17,18). The van der Waals surface area contributed by atoms with Crippen molar-refractivity contribution in [1.29, 1.82) is 0 Å². The lowest BCUT2D eigenvalue weighted by Crippen LogP contribution is -2.15. The van der Waals surface area contributed by atoms with Gasteiger partial charge in [0.05, 0.1) is 11.7 Å². The highest BCUT2D eigenvalue weighted by Gasteiger charge is 2.10. The molecule has 1 aromatic rings. The van der Waals surface area contributed by atoms with E-state index in [1.54, 1.807) is 7.11 Å². The van der Waals surface area contributed by atoms with Crippen LogP contribution in [-0.4, -0.2) is 30.2 Å². The quantitative estimate of drug-likeness (QED) is 0.843. The molecule has 0 aliphatic heterocycles. The highest BCUT2D eigenvalue weighted by molar-refractivity contribution is 6.31. The number of halogens is 1. The van der Waals surface area contributed by atoms with Gasteiger partial charge in [0, 0.05) is 24.2 Å². The summed E-state index contributed by atoms with van der Waals surface area (Å²) in [5, 5.41) is 11.8. The molecule has 0 aliphatic rings. The molecule has 0 radical (unpaired) electrons. The molecule has 0 aliphatic carbocycles. The van der Waals surface area contributed by atoms with Crippen LogP contribution >= 0.6 is 11.6 Å². The highest BCUT2D eigenvalue weighted by atomic mass is 35.5. The fourth-order valence-corrected chi connectivity index (χ4v) is 1.70. The second kappa shape index (κ2) is 7.11. The lowest BCUT2D eigenvalue weighted by molar-refractivity contribution is -0.116. The van der Waals surface area contributed by atoms with Crippen LogP contribution in [0, 0.1) is 0 Å². The zero-order valence-corrected chi connectivity index (χ0v) is 11.5. The van der Waals surface area contributed by atoms with Gasteiger partial charge in [-0.2, -0.15) is 0 Å². The topological polar surface area (TPSA) is 75.6 Å². The number of hydrogen-bond donors (Lipinski definition) is 2. The number of benzene rings is 1. The van der Waals surface area contributed by atoms with Crippen LogP contribution in [0.25, 0.3) is 0 Å². The molecule has 0 saturated carbocycles. The summed E-state index contributed by atoms with van der Waals surface area (Å²) in [6.45, 7) is 1.87. The maximum Gasteiger partial charge on any atom is 0.335 e. The maximum atomic E-state index is 11.7. The molecule has 1 aromatic carbocycles. The number of carbonyl (C=O) groups excluding carboxylic acids is 1. The fraction of sp³-hybridized carbons (Fsp3) is 0.385. The van der Waals surface area contributed by atoms with Crippen LogP contribution < -0.4 is 5.32 Å². The number of ether oxygens (including phenoxy) is 1. The molecule has 1 unspecified atom stereocenters. The minimum absolute atomic E-state index is 0.000285. The number of anilines is 1. The Labute approximate surface area is 116 Å². The maximum absolute atomic E-state index is 11.7. The first-order valence-electron chi connectivity index (χ1n) is 5.79. The third-order valence-corrected chi connectivity index (χ3v) is 2.83. The molecule has 19 heavy (non-hydrogen) atoms. The molecular formula is C13H16ClNO4. The van der Waals surface area contributed by atoms with Gasteiger partial charge in [-0.3, -0.25) is 4.79 Å². The Kier molecular flexibility index (Phi) is 5.79. The van der Waals surface area contributed by atoms with E-state index in [4.69, 9.17) is 21.4 Å². The number of carboxylic acid groups (broad SMARTS) is 1. The Balaban J connectivity index is 2.66. The van der Waals surface area contributed by atoms with Crippen LogP contribution in [0.4, 0.5) is 5.69 Å². The second-order valence-corrected chi connectivity index (χ2v) is 4.60. The number of carbonyl (C=O) groups is 2. The van der Waals surface area contributed by atoms with Crippen LogP contribution in [0.5, 0.6) is 0 Å². The Bertz CT molecular complexity index is 476. The van der Waals surface area contributed by atoms with E-state index in [0.29, 0.717) is 18.5 Å². The number of carboxylic acids is 1. The number of hydrogen-bond acceptors (Lipinski definition) is 3. The van der Waals surface area contributed by atoms with Crippen molar-refractivity contribution in [1.82, 2.24) is 0 Å². The second-order valence-electron chi connectivity index (χ2n) is 4.17. The molecule has 0 spiro atoms. The van der Waals surface area contributed by atoms with Gasteiger partial charge in [0.15, 0.2) is 0 Å². The Morgan fingerprint density at radius 3 is 2.68 bits per heavy atom. The molecule has 0 fully saturated rings. The zero-order chi connectivity index (χ0) is 14.4. The number of nitrogens with one attached hydrogen (secondary N) is 1. The molecule has 6 heteroatoms. The number of methoxy groups -OCH3 is 1. The van der Waals surface area contributed by atoms with Gasteiger partial charge in [0.2, 0.25) is 5.91 Å². The number of amides is 1. The first kappa shape index (κ1) is 15.5. The van der Waals surface area contributed by atoms with E-state index in [9.17, 15) is 9.59 Å². The summed E-state index contributed by atoms with van der Waals surface area (Å²) in [4.78, 5) is 22.5. The van der Waals surface area contributed by atoms with Crippen molar-refractivity contribution < 1.29 is 19.4 Å². The lowest BCUT2D eigenvalue weighted by Gasteiger charge is -2.10. The molecule has 1 atom stereocenters. The molecule has 104 valence electrons. The van der Waals surface area contributed by atoms with E-state index in [-0.39, 0.29) is 22.6 Å². The summed E-state index contributed by atoms with van der Waals surface area (Å²) in [5.74, 6) is -1.30. The van der Waals surface area contributed by atoms with Gasteiger partial charge in [-0.1, -0.05) is 11.6 Å². The molecular weight excluding hydrogens is 270 g/mol. The van der Waals surface area contributed by atoms with Crippen LogP contribution in [0.3, 0.4) is 0 Å². The summed E-state index contributed by atoms with van der Waals surface area (Å²) in [6, 6.07) is 4.20. The monoisotopic (exact) mass is 285 g/mol. The van der Waals surface area contributed by atoms with E-state index in [2.05, 4.69) is 5.32 Å². The van der Waals surface area contributed by atoms with Crippen molar-refractivity contribution in [2.75, 3.05) is 12.4 Å². The van der Waals surface area contributed by atoms with Gasteiger partial charge in [0.1, 0.15) is 0 Å². The number of aromatic carboxylic acids is 1. The van der Waals surface area contributed by atoms with Crippen molar-refractivity contribution in [3.63, 3.8) is 0 Å². The van der Waals surface area contributed by atoms with Gasteiger partial charge in [0.25, 0.3) is 0 Å². The molecule has 0 aromatic heterocycles. The van der Waals surface area contributed by atoms with Crippen molar-refractivity contribution in [2.45, 2.75) is 25.9 Å². The molecule has 2 N–H and O–H groups in total. The van der Waals surface area contributed by atoms with Gasteiger partial charge >= 0.3 is 5.97 Å². The molecule has 0 heterocycles. The van der Waals surface area contributed by atoms with E-state index in [0.717, 1.165) is 0 Å². The van der Waals surface area contributed by atoms with Crippen LogP contribution in [0.2, 0.25) is 5.02 Å². The largest absolute Gasteiger partial charge is 0.478 e. The Morgan fingerprint density at radius 2 is 2.11 bits per heavy atom. The van der Waals surface area contributed by atoms with E-state index >= 15 is 0 Å². The van der Waals surface area contributed by atoms with Gasteiger partial charge in [-0.25, -0.2) is 4.79 Å².